The molecule has 0 fully saturated rings. The van der Waals surface area contributed by atoms with Crippen molar-refractivity contribution in [2.75, 3.05) is 7.11 Å². The van der Waals surface area contributed by atoms with E-state index < -0.39 is 0 Å². The number of nitrogens with zero attached hydrogens (tertiary/aromatic N) is 1. The van der Waals surface area contributed by atoms with E-state index >= 15 is 0 Å². The third kappa shape index (κ3) is 3.80. The second-order valence-corrected chi connectivity index (χ2v) is 4.04. The summed E-state index contributed by atoms with van der Waals surface area (Å²) in [6.07, 6.45) is 7.02. The number of nitrogens with one attached hydrogen (secondary N) is 1. The Kier molecular flexibility index (Phi) is 5.77. The molecule has 1 unspecified atom stereocenters. The Bertz CT molecular complexity index is 468. The molecule has 1 aromatic carbocycles. The summed E-state index contributed by atoms with van der Waals surface area (Å²) in [6.45, 7) is 2.81. The first kappa shape index (κ1) is 14.1. The van der Waals surface area contributed by atoms with Crippen LogP contribution in [0.2, 0.25) is 0 Å². The van der Waals surface area contributed by atoms with Gasteiger partial charge in [0.15, 0.2) is 0 Å². The highest BCUT2D eigenvalue weighted by molar-refractivity contribution is 5.45. The van der Waals surface area contributed by atoms with Gasteiger partial charge in [-0.05, 0) is 24.1 Å². The zero-order valence-corrected chi connectivity index (χ0v) is 10.9. The van der Waals surface area contributed by atoms with Crippen molar-refractivity contribution in [2.45, 2.75) is 32.4 Å². The Morgan fingerprint density at radius 2 is 2.28 bits per heavy atom. The Morgan fingerprint density at radius 1 is 1.50 bits per heavy atom. The van der Waals surface area contributed by atoms with Gasteiger partial charge in [0.1, 0.15) is 11.8 Å². The third-order valence-electron chi connectivity index (χ3n) is 2.84. The molecular formula is C15H18N2O. The van der Waals surface area contributed by atoms with Crippen molar-refractivity contribution in [1.29, 1.82) is 5.26 Å². The molecule has 18 heavy (non-hydrogen) atoms. The molecule has 1 atom stereocenters. The van der Waals surface area contributed by atoms with Crippen LogP contribution in [-0.2, 0) is 6.54 Å². The van der Waals surface area contributed by atoms with Gasteiger partial charge < -0.3 is 10.1 Å². The van der Waals surface area contributed by atoms with E-state index in [2.05, 4.69) is 24.2 Å². The molecule has 0 amide bonds. The standard InChI is InChI=1S/C15H18N2O/c1-4-6-14(5-2)17-11-12-7-8-15(18-3)13(9-12)10-16/h1,7-9,14,17H,5-6,11H2,2-3H3. The smallest absolute Gasteiger partial charge is 0.136 e. The predicted molar refractivity (Wildman–Crippen MR) is 72.1 cm³/mol. The zero-order chi connectivity index (χ0) is 13.4. The van der Waals surface area contributed by atoms with Gasteiger partial charge >= 0.3 is 0 Å². The fraction of sp³-hybridized carbons (Fsp3) is 0.400. The van der Waals surface area contributed by atoms with Crippen molar-refractivity contribution in [3.63, 3.8) is 0 Å². The Morgan fingerprint density at radius 3 is 2.83 bits per heavy atom. The minimum absolute atomic E-state index is 0.322. The normalized spacial score (nSPS) is 11.3. The fourth-order valence-electron chi connectivity index (χ4n) is 1.72. The molecule has 0 radical (unpaired) electrons. The molecule has 0 aromatic heterocycles. The molecule has 1 N–H and O–H groups in total. The maximum atomic E-state index is 9.00. The molecule has 0 saturated heterocycles. The number of hydrogen-bond donors (Lipinski definition) is 1. The number of methoxy groups -OCH3 is 1. The molecule has 0 aliphatic carbocycles. The van der Waals surface area contributed by atoms with Gasteiger partial charge in [-0.2, -0.15) is 5.26 Å². The molecule has 0 spiro atoms. The monoisotopic (exact) mass is 242 g/mol. The first-order valence-electron chi connectivity index (χ1n) is 5.99. The molecule has 0 bridgehead atoms. The van der Waals surface area contributed by atoms with Crippen molar-refractivity contribution in [1.82, 2.24) is 5.32 Å². The summed E-state index contributed by atoms with van der Waals surface area (Å²) in [5.74, 6) is 3.27. The summed E-state index contributed by atoms with van der Waals surface area (Å²) in [5.41, 5.74) is 1.62. The van der Waals surface area contributed by atoms with Crippen molar-refractivity contribution in [3.8, 4) is 24.2 Å². The van der Waals surface area contributed by atoms with Crippen molar-refractivity contribution >= 4 is 0 Å². The molecule has 94 valence electrons. The lowest BCUT2D eigenvalue weighted by Gasteiger charge is -2.14. The summed E-state index contributed by atoms with van der Waals surface area (Å²) >= 11 is 0. The molecule has 1 aromatic rings. The summed E-state index contributed by atoms with van der Waals surface area (Å²) in [5, 5.41) is 12.4. The van der Waals surface area contributed by atoms with E-state index in [1.54, 1.807) is 7.11 Å². The lowest BCUT2D eigenvalue weighted by atomic mass is 10.1. The van der Waals surface area contributed by atoms with E-state index in [4.69, 9.17) is 16.4 Å². The predicted octanol–water partition coefficient (Wildman–Crippen LogP) is 2.46. The molecular weight excluding hydrogens is 224 g/mol. The minimum Gasteiger partial charge on any atom is -0.495 e. The van der Waals surface area contributed by atoms with E-state index in [0.29, 0.717) is 23.9 Å². The van der Waals surface area contributed by atoms with Gasteiger partial charge in [0.25, 0.3) is 0 Å². The lowest BCUT2D eigenvalue weighted by Crippen LogP contribution is -2.27. The quantitative estimate of drug-likeness (QED) is 0.779. The minimum atomic E-state index is 0.322. The number of rotatable bonds is 6. The van der Waals surface area contributed by atoms with E-state index in [-0.39, 0.29) is 0 Å². The summed E-state index contributed by atoms with van der Waals surface area (Å²) in [4.78, 5) is 0. The third-order valence-corrected chi connectivity index (χ3v) is 2.84. The highest BCUT2D eigenvalue weighted by Gasteiger charge is 2.06. The van der Waals surface area contributed by atoms with Crippen molar-refractivity contribution in [2.24, 2.45) is 0 Å². The second-order valence-electron chi connectivity index (χ2n) is 4.04. The van der Waals surface area contributed by atoms with E-state index in [1.165, 1.54) is 0 Å². The number of hydrogen-bond acceptors (Lipinski definition) is 3. The summed E-state index contributed by atoms with van der Waals surface area (Å²) in [6, 6.07) is 8.06. The van der Waals surface area contributed by atoms with Crippen LogP contribution < -0.4 is 10.1 Å². The Hall–Kier alpha value is -1.97. The molecule has 3 nitrogen and oxygen atoms in total. The molecule has 0 saturated carbocycles. The van der Waals surface area contributed by atoms with Gasteiger partial charge in [-0.15, -0.1) is 12.3 Å². The molecule has 1 rings (SSSR count). The van der Waals surface area contributed by atoms with Gasteiger partial charge in [0.05, 0.1) is 12.7 Å². The Balaban J connectivity index is 2.69. The van der Waals surface area contributed by atoms with Crippen LogP contribution >= 0.6 is 0 Å². The number of benzene rings is 1. The number of ether oxygens (including phenoxy) is 1. The van der Waals surface area contributed by atoms with Crippen molar-refractivity contribution < 1.29 is 4.74 Å². The van der Waals surface area contributed by atoms with Crippen LogP contribution in [-0.4, -0.2) is 13.2 Å². The highest BCUT2D eigenvalue weighted by Crippen LogP contribution is 2.18. The lowest BCUT2D eigenvalue weighted by molar-refractivity contribution is 0.413. The van der Waals surface area contributed by atoms with E-state index in [9.17, 15) is 0 Å². The summed E-state index contributed by atoms with van der Waals surface area (Å²) in [7, 11) is 1.56. The van der Waals surface area contributed by atoms with Gasteiger partial charge in [-0.25, -0.2) is 0 Å². The topological polar surface area (TPSA) is 45.0 Å². The SMILES string of the molecule is C#CCC(CC)NCc1ccc(OC)c(C#N)c1. The van der Waals surface area contributed by atoms with Crippen LogP contribution in [0.25, 0.3) is 0 Å². The largest absolute Gasteiger partial charge is 0.495 e. The summed E-state index contributed by atoms with van der Waals surface area (Å²) < 4.78 is 5.11. The van der Waals surface area contributed by atoms with Crippen LogP contribution in [0.5, 0.6) is 5.75 Å². The molecule has 0 aliphatic rings. The average molecular weight is 242 g/mol. The fourth-order valence-corrected chi connectivity index (χ4v) is 1.72. The zero-order valence-electron chi connectivity index (χ0n) is 10.9. The van der Waals surface area contributed by atoms with Gasteiger partial charge in [-0.1, -0.05) is 13.0 Å². The van der Waals surface area contributed by atoms with Crippen LogP contribution in [0.1, 0.15) is 30.9 Å². The average Bonchev–Trinajstić information content (AvgIpc) is 2.42. The van der Waals surface area contributed by atoms with Crippen LogP contribution in [0.15, 0.2) is 18.2 Å². The van der Waals surface area contributed by atoms with Crippen LogP contribution in [0, 0.1) is 23.7 Å². The molecule has 3 heteroatoms. The van der Waals surface area contributed by atoms with E-state index in [0.717, 1.165) is 18.4 Å². The molecule has 0 heterocycles. The van der Waals surface area contributed by atoms with Gasteiger partial charge in [0.2, 0.25) is 0 Å². The first-order valence-corrected chi connectivity index (χ1v) is 5.99. The van der Waals surface area contributed by atoms with Gasteiger partial charge in [0, 0.05) is 19.0 Å². The first-order chi connectivity index (χ1) is 8.74. The molecule has 0 aliphatic heterocycles. The van der Waals surface area contributed by atoms with Gasteiger partial charge in [-0.3, -0.25) is 0 Å². The number of terminal acetylenes is 1. The maximum absolute atomic E-state index is 9.00. The number of nitriles is 1. The van der Waals surface area contributed by atoms with E-state index in [1.807, 2.05) is 18.2 Å². The highest BCUT2D eigenvalue weighted by atomic mass is 16.5. The van der Waals surface area contributed by atoms with Crippen molar-refractivity contribution in [3.05, 3.63) is 29.3 Å². The Labute approximate surface area is 109 Å². The van der Waals surface area contributed by atoms with Crippen LogP contribution in [0.3, 0.4) is 0 Å². The van der Waals surface area contributed by atoms with Crippen LogP contribution in [0.4, 0.5) is 0 Å². The second kappa shape index (κ2) is 7.37. The maximum Gasteiger partial charge on any atom is 0.136 e.